The van der Waals surface area contributed by atoms with E-state index in [0.29, 0.717) is 139 Å². The predicted octanol–water partition coefficient (Wildman–Crippen LogP) is 1.87. The highest BCUT2D eigenvalue weighted by Crippen LogP contribution is 2.08. The van der Waals surface area contributed by atoms with Gasteiger partial charge in [-0.2, -0.15) is 0 Å². The van der Waals surface area contributed by atoms with Gasteiger partial charge in [0.25, 0.3) is 0 Å². The summed E-state index contributed by atoms with van der Waals surface area (Å²) in [7, 11) is 0. The lowest BCUT2D eigenvalue weighted by molar-refractivity contribution is -0.156. The second-order valence-electron chi connectivity index (χ2n) is 9.76. The maximum atomic E-state index is 11.8. The highest BCUT2D eigenvalue weighted by molar-refractivity contribution is 5.69. The third-order valence-corrected chi connectivity index (χ3v) is 4.81. The Morgan fingerprint density at radius 3 is 0.814 bits per heavy atom. The third-order valence-electron chi connectivity index (χ3n) is 4.81. The van der Waals surface area contributed by atoms with Crippen LogP contribution in [0.25, 0.3) is 0 Å². The number of hydrogen-bond acceptors (Lipinski definition) is 13. The van der Waals surface area contributed by atoms with Crippen molar-refractivity contribution in [1.29, 1.82) is 0 Å². The van der Waals surface area contributed by atoms with Crippen molar-refractivity contribution in [2.24, 2.45) is 0 Å². The summed E-state index contributed by atoms with van der Waals surface area (Å²) >= 11 is 0. The van der Waals surface area contributed by atoms with Crippen LogP contribution in [-0.2, 0) is 61.6 Å². The zero-order chi connectivity index (χ0) is 31.5. The van der Waals surface area contributed by atoms with Crippen molar-refractivity contribution in [2.45, 2.75) is 32.8 Å². The Hall–Kier alpha value is -1.04. The van der Waals surface area contributed by atoms with Crippen LogP contribution in [-0.4, -0.2) is 164 Å². The van der Waals surface area contributed by atoms with E-state index in [1.54, 1.807) is 0 Å². The van der Waals surface area contributed by atoms with Crippen molar-refractivity contribution in [3.05, 3.63) is 0 Å². The molecule has 0 amide bonds. The Morgan fingerprint density at radius 1 is 0.395 bits per heavy atom. The Balaban J connectivity index is 3.09. The first kappa shape index (κ1) is 42.0. The van der Waals surface area contributed by atoms with Gasteiger partial charge in [-0.25, -0.2) is 4.39 Å². The van der Waals surface area contributed by atoms with Gasteiger partial charge in [0.15, 0.2) is 0 Å². The molecule has 0 spiro atoms. The number of esters is 1. The van der Waals surface area contributed by atoms with Gasteiger partial charge in [-0.15, -0.1) is 0 Å². The van der Waals surface area contributed by atoms with Gasteiger partial charge >= 0.3 is 5.97 Å². The van der Waals surface area contributed by atoms with E-state index in [-0.39, 0.29) is 19.0 Å². The smallest absolute Gasteiger partial charge is 0.308 e. The molecular formula is C29H57FO13. The second-order valence-corrected chi connectivity index (χ2v) is 9.76. The van der Waals surface area contributed by atoms with Gasteiger partial charge in [-0.1, -0.05) is 0 Å². The van der Waals surface area contributed by atoms with E-state index < -0.39 is 12.3 Å². The van der Waals surface area contributed by atoms with Crippen LogP contribution < -0.4 is 0 Å². The molecule has 0 N–H and O–H groups in total. The van der Waals surface area contributed by atoms with Gasteiger partial charge in [0, 0.05) is 0 Å². The second kappa shape index (κ2) is 33.8. The molecule has 0 unspecified atom stereocenters. The number of rotatable bonds is 35. The Kier molecular flexibility index (Phi) is 33.0. The molecule has 14 heteroatoms. The Morgan fingerprint density at radius 2 is 0.605 bits per heavy atom. The van der Waals surface area contributed by atoms with Gasteiger partial charge in [0.2, 0.25) is 0 Å². The van der Waals surface area contributed by atoms with E-state index in [1.165, 1.54) is 0 Å². The lowest BCUT2D eigenvalue weighted by Gasteiger charge is -2.19. The van der Waals surface area contributed by atoms with Crippen LogP contribution in [0.5, 0.6) is 0 Å². The molecule has 258 valence electrons. The van der Waals surface area contributed by atoms with Crippen molar-refractivity contribution >= 4 is 5.97 Å². The van der Waals surface area contributed by atoms with Crippen molar-refractivity contribution in [3.63, 3.8) is 0 Å². The SMILES string of the molecule is CC(C)(C)OC(=O)CCOCCOCCOCCOCCOCCOCCOCCOCCOCCOCCOCCF. The van der Waals surface area contributed by atoms with E-state index in [9.17, 15) is 9.18 Å². The van der Waals surface area contributed by atoms with Crippen LogP contribution in [0.2, 0.25) is 0 Å². The van der Waals surface area contributed by atoms with E-state index in [4.69, 9.17) is 56.8 Å². The molecular weight excluding hydrogens is 575 g/mol. The molecule has 0 bridgehead atoms. The summed E-state index contributed by atoms with van der Waals surface area (Å²) in [5.41, 5.74) is -0.475. The average molecular weight is 633 g/mol. The normalized spacial score (nSPS) is 11.8. The van der Waals surface area contributed by atoms with Gasteiger partial charge in [0.05, 0.1) is 152 Å². The molecule has 13 nitrogen and oxygen atoms in total. The number of alkyl halides is 1. The quantitative estimate of drug-likeness (QED) is 0.0746. The zero-order valence-electron chi connectivity index (χ0n) is 26.7. The standard InChI is InChI=1S/C29H57FO13/c1-29(2,3)43-28(31)4-6-32-8-10-34-12-14-36-16-18-38-20-22-40-24-26-42-27-25-41-23-21-39-19-17-37-15-13-35-11-9-33-7-5-30/h4-27H2,1-3H3. The molecule has 0 radical (unpaired) electrons. The van der Waals surface area contributed by atoms with E-state index >= 15 is 0 Å². The molecule has 0 aromatic heterocycles. The van der Waals surface area contributed by atoms with Crippen LogP contribution >= 0.6 is 0 Å². The maximum absolute atomic E-state index is 11.8. The summed E-state index contributed by atoms with van der Waals surface area (Å²) in [5, 5.41) is 0. The minimum Gasteiger partial charge on any atom is -0.460 e. The number of carbonyl (C=O) groups is 1. The summed E-state index contributed by atoms with van der Waals surface area (Å²) in [6, 6.07) is 0. The maximum Gasteiger partial charge on any atom is 0.308 e. The van der Waals surface area contributed by atoms with Crippen LogP contribution in [0.15, 0.2) is 0 Å². The lowest BCUT2D eigenvalue weighted by Crippen LogP contribution is -2.24. The fourth-order valence-corrected chi connectivity index (χ4v) is 2.90. The number of ether oxygens (including phenoxy) is 12. The molecule has 43 heavy (non-hydrogen) atoms. The molecule has 0 rings (SSSR count). The highest BCUT2D eigenvalue weighted by Gasteiger charge is 2.15. The minimum atomic E-state index is -0.478. The topological polar surface area (TPSA) is 128 Å². The number of halogens is 1. The first-order valence-electron chi connectivity index (χ1n) is 15.1. The number of hydrogen-bond donors (Lipinski definition) is 0. The summed E-state index contributed by atoms with van der Waals surface area (Å²) < 4.78 is 76.0. The van der Waals surface area contributed by atoms with Gasteiger partial charge in [0.1, 0.15) is 12.3 Å². The fourth-order valence-electron chi connectivity index (χ4n) is 2.90. The third kappa shape index (κ3) is 38.9. The van der Waals surface area contributed by atoms with Crippen LogP contribution in [0.1, 0.15) is 27.2 Å². The van der Waals surface area contributed by atoms with E-state index in [0.717, 1.165) is 0 Å². The van der Waals surface area contributed by atoms with Gasteiger partial charge in [-0.05, 0) is 20.8 Å². The number of carbonyl (C=O) groups excluding carboxylic acids is 1. The van der Waals surface area contributed by atoms with Gasteiger partial charge in [-0.3, -0.25) is 4.79 Å². The van der Waals surface area contributed by atoms with Gasteiger partial charge < -0.3 is 56.8 Å². The fraction of sp³-hybridized carbons (Fsp3) is 0.966. The molecule has 0 aromatic carbocycles. The minimum absolute atomic E-state index is 0.110. The lowest BCUT2D eigenvalue weighted by atomic mass is 10.2. The predicted molar refractivity (Wildman–Crippen MR) is 155 cm³/mol. The zero-order valence-corrected chi connectivity index (χ0v) is 26.7. The molecule has 0 atom stereocenters. The van der Waals surface area contributed by atoms with Crippen molar-refractivity contribution in [2.75, 3.05) is 152 Å². The Bertz CT molecular complexity index is 567. The molecule has 0 aliphatic rings. The summed E-state index contributed by atoms with van der Waals surface area (Å²) in [6.45, 7) is 14.9. The van der Waals surface area contributed by atoms with Crippen molar-refractivity contribution in [3.8, 4) is 0 Å². The van der Waals surface area contributed by atoms with E-state index in [1.807, 2.05) is 20.8 Å². The molecule has 0 aromatic rings. The summed E-state index contributed by atoms with van der Waals surface area (Å²) in [6.07, 6.45) is 0.229. The molecule has 0 fully saturated rings. The summed E-state index contributed by atoms with van der Waals surface area (Å²) in [4.78, 5) is 11.5. The monoisotopic (exact) mass is 632 g/mol. The highest BCUT2D eigenvalue weighted by atomic mass is 19.1. The van der Waals surface area contributed by atoms with E-state index in [2.05, 4.69) is 0 Å². The first-order chi connectivity index (χ1) is 21.0. The molecule has 0 saturated heterocycles. The molecule has 0 heterocycles. The van der Waals surface area contributed by atoms with Crippen LogP contribution in [0.3, 0.4) is 0 Å². The summed E-state index contributed by atoms with van der Waals surface area (Å²) in [5.74, 6) is -0.268. The average Bonchev–Trinajstić information content (AvgIpc) is 2.96. The van der Waals surface area contributed by atoms with Crippen LogP contribution in [0, 0.1) is 0 Å². The largest absolute Gasteiger partial charge is 0.460 e. The molecule has 0 aliphatic carbocycles. The van der Waals surface area contributed by atoms with Crippen molar-refractivity contribution < 1.29 is 66.0 Å². The first-order valence-corrected chi connectivity index (χ1v) is 15.1. The van der Waals surface area contributed by atoms with Crippen molar-refractivity contribution in [1.82, 2.24) is 0 Å². The molecule has 0 saturated carbocycles. The Labute approximate surface area is 257 Å². The van der Waals surface area contributed by atoms with Crippen LogP contribution in [0.4, 0.5) is 4.39 Å². The molecule has 0 aliphatic heterocycles.